The Morgan fingerprint density at radius 3 is 2.38 bits per heavy atom. The van der Waals surface area contributed by atoms with Gasteiger partial charge in [-0.3, -0.25) is 9.59 Å². The van der Waals surface area contributed by atoms with Crippen LogP contribution in [0.4, 0.5) is 0 Å². The van der Waals surface area contributed by atoms with Gasteiger partial charge in [-0.2, -0.15) is 0 Å². The zero-order valence-electron chi connectivity index (χ0n) is 19.9. The third-order valence-electron chi connectivity index (χ3n) is 5.85. The Labute approximate surface area is 201 Å². The van der Waals surface area contributed by atoms with E-state index in [4.69, 9.17) is 10.5 Å². The van der Waals surface area contributed by atoms with Gasteiger partial charge >= 0.3 is 5.97 Å². The minimum atomic E-state index is -0.624. The van der Waals surface area contributed by atoms with Gasteiger partial charge in [0.15, 0.2) is 0 Å². The molecule has 5 nitrogen and oxygen atoms in total. The quantitative estimate of drug-likeness (QED) is 0.451. The highest BCUT2D eigenvalue weighted by atomic mass is 16.5. The van der Waals surface area contributed by atoms with Crippen LogP contribution >= 0.6 is 0 Å². The van der Waals surface area contributed by atoms with Crippen molar-refractivity contribution in [3.8, 4) is 0 Å². The summed E-state index contributed by atoms with van der Waals surface area (Å²) in [6.07, 6.45) is 4.17. The van der Waals surface area contributed by atoms with E-state index < -0.39 is 12.0 Å². The van der Waals surface area contributed by atoms with Gasteiger partial charge in [-0.1, -0.05) is 84.9 Å². The average molecular weight is 457 g/mol. The van der Waals surface area contributed by atoms with Crippen molar-refractivity contribution in [2.75, 3.05) is 7.11 Å². The topological polar surface area (TPSA) is 81.4 Å². The smallest absolute Gasteiger partial charge is 0.311 e. The molecule has 1 amide bonds. The van der Waals surface area contributed by atoms with Crippen LogP contribution in [0.2, 0.25) is 0 Å². The van der Waals surface area contributed by atoms with E-state index in [-0.39, 0.29) is 17.9 Å². The predicted octanol–water partition coefficient (Wildman–Crippen LogP) is 4.86. The lowest BCUT2D eigenvalue weighted by molar-refractivity contribution is -0.145. The maximum Gasteiger partial charge on any atom is 0.311 e. The molecule has 3 aromatic rings. The van der Waals surface area contributed by atoms with E-state index in [1.807, 2.05) is 98.8 Å². The fourth-order valence-electron chi connectivity index (χ4n) is 3.88. The molecule has 3 rings (SSSR count). The molecule has 0 aliphatic rings. The van der Waals surface area contributed by atoms with Gasteiger partial charge in [-0.15, -0.1) is 0 Å². The van der Waals surface area contributed by atoms with Gasteiger partial charge in [0.2, 0.25) is 0 Å². The number of rotatable bonds is 9. The minimum absolute atomic E-state index is 0.119. The number of carbonyl (C=O) groups is 2. The molecular formula is C29H32N2O3. The number of benzene rings is 3. The van der Waals surface area contributed by atoms with Gasteiger partial charge in [0.25, 0.3) is 5.91 Å². The van der Waals surface area contributed by atoms with Crippen LogP contribution < -0.4 is 11.1 Å². The average Bonchev–Trinajstić information content (AvgIpc) is 2.85. The molecule has 3 atom stereocenters. The normalized spacial score (nSPS) is 13.8. The Morgan fingerprint density at radius 2 is 1.71 bits per heavy atom. The largest absolute Gasteiger partial charge is 0.469 e. The molecule has 0 aromatic heterocycles. The molecule has 0 saturated carbocycles. The number of hydrogen-bond acceptors (Lipinski definition) is 4. The van der Waals surface area contributed by atoms with Gasteiger partial charge in [0.1, 0.15) is 0 Å². The van der Waals surface area contributed by atoms with Gasteiger partial charge in [0, 0.05) is 11.6 Å². The van der Waals surface area contributed by atoms with Crippen molar-refractivity contribution < 1.29 is 14.3 Å². The monoisotopic (exact) mass is 456 g/mol. The molecule has 0 aliphatic carbocycles. The number of nitrogens with two attached hydrogens (primary N) is 1. The van der Waals surface area contributed by atoms with E-state index in [1.165, 1.54) is 7.11 Å². The van der Waals surface area contributed by atoms with Crippen LogP contribution in [0.1, 0.15) is 45.6 Å². The van der Waals surface area contributed by atoms with Crippen molar-refractivity contribution in [1.82, 2.24) is 5.32 Å². The van der Waals surface area contributed by atoms with Crippen LogP contribution in [0.15, 0.2) is 84.9 Å². The minimum Gasteiger partial charge on any atom is -0.469 e. The molecule has 0 spiro atoms. The number of hydrogen-bond donors (Lipinski definition) is 2. The third kappa shape index (κ3) is 6.65. The lowest BCUT2D eigenvalue weighted by Crippen LogP contribution is -2.43. The van der Waals surface area contributed by atoms with Crippen molar-refractivity contribution in [1.29, 1.82) is 0 Å². The predicted molar refractivity (Wildman–Crippen MR) is 136 cm³/mol. The summed E-state index contributed by atoms with van der Waals surface area (Å²) < 4.78 is 5.16. The number of aryl methyl sites for hydroxylation is 1. The fraction of sp³-hybridized carbons (Fsp3) is 0.241. The third-order valence-corrected chi connectivity index (χ3v) is 5.85. The van der Waals surface area contributed by atoms with Crippen LogP contribution in [0.3, 0.4) is 0 Å². The Morgan fingerprint density at radius 1 is 1.00 bits per heavy atom. The second kappa shape index (κ2) is 12.0. The van der Waals surface area contributed by atoms with E-state index in [2.05, 4.69) is 5.32 Å². The van der Waals surface area contributed by atoms with E-state index in [1.54, 1.807) is 6.07 Å². The highest BCUT2D eigenvalue weighted by molar-refractivity contribution is 5.96. The molecule has 3 aromatic carbocycles. The summed E-state index contributed by atoms with van der Waals surface area (Å²) in [6.45, 7) is 3.81. The van der Waals surface area contributed by atoms with Crippen molar-refractivity contribution >= 4 is 18.0 Å². The van der Waals surface area contributed by atoms with Crippen molar-refractivity contribution in [2.45, 2.75) is 32.4 Å². The van der Waals surface area contributed by atoms with Crippen molar-refractivity contribution in [3.63, 3.8) is 0 Å². The van der Waals surface area contributed by atoms with E-state index in [0.29, 0.717) is 12.0 Å². The summed E-state index contributed by atoms with van der Waals surface area (Å²) in [5.74, 6) is -1.25. The molecular weight excluding hydrogens is 424 g/mol. The molecule has 0 aliphatic heterocycles. The Kier molecular flexibility index (Phi) is 8.77. The first-order valence-corrected chi connectivity index (χ1v) is 11.4. The van der Waals surface area contributed by atoms with Crippen LogP contribution in [0, 0.1) is 12.8 Å². The molecule has 176 valence electrons. The van der Waals surface area contributed by atoms with Crippen LogP contribution in [-0.2, 0) is 16.0 Å². The summed E-state index contributed by atoms with van der Waals surface area (Å²) in [5.41, 5.74) is 10.4. The number of methoxy groups -OCH3 is 1. The van der Waals surface area contributed by atoms with Crippen LogP contribution in [0.25, 0.3) is 6.08 Å². The lowest BCUT2D eigenvalue weighted by atomic mass is 9.89. The standard InChI is InChI=1S/C29H32N2O3/c1-20-10-7-8-15-25(20)28(32)31-27(17-16-22-11-5-4-6-12-22)26(29(33)34-3)19-23-13-9-14-24(18-23)21(2)30/h4-18,21,26-27H,19,30H2,1-3H3,(H,31,32)/b17-16+. The molecule has 0 bridgehead atoms. The maximum atomic E-state index is 13.2. The molecule has 3 N–H and O–H groups in total. The van der Waals surface area contributed by atoms with Gasteiger partial charge in [0.05, 0.1) is 19.1 Å². The molecule has 0 saturated heterocycles. The van der Waals surface area contributed by atoms with E-state index in [0.717, 1.165) is 22.3 Å². The second-order valence-corrected chi connectivity index (χ2v) is 8.45. The number of amides is 1. The number of nitrogens with one attached hydrogen (secondary N) is 1. The Hall–Kier alpha value is -3.70. The first-order chi connectivity index (χ1) is 16.4. The van der Waals surface area contributed by atoms with E-state index >= 15 is 0 Å². The zero-order chi connectivity index (χ0) is 24.5. The first kappa shape index (κ1) is 24.9. The summed E-state index contributed by atoms with van der Waals surface area (Å²) in [6, 6.07) is 24.3. The molecule has 0 radical (unpaired) electrons. The lowest BCUT2D eigenvalue weighted by Gasteiger charge is -2.25. The van der Waals surface area contributed by atoms with Crippen LogP contribution in [-0.4, -0.2) is 25.0 Å². The van der Waals surface area contributed by atoms with Gasteiger partial charge in [-0.05, 0) is 48.6 Å². The Balaban J connectivity index is 1.96. The number of esters is 1. The number of carbonyl (C=O) groups excluding carboxylic acids is 2. The molecule has 3 unspecified atom stereocenters. The highest BCUT2D eigenvalue weighted by Gasteiger charge is 2.30. The number of ether oxygens (including phenoxy) is 1. The zero-order valence-corrected chi connectivity index (χ0v) is 19.9. The van der Waals surface area contributed by atoms with Crippen molar-refractivity contribution in [2.24, 2.45) is 11.7 Å². The van der Waals surface area contributed by atoms with E-state index in [9.17, 15) is 9.59 Å². The van der Waals surface area contributed by atoms with Gasteiger partial charge < -0.3 is 15.8 Å². The molecule has 5 heteroatoms. The second-order valence-electron chi connectivity index (χ2n) is 8.45. The molecule has 0 fully saturated rings. The van der Waals surface area contributed by atoms with Crippen LogP contribution in [0.5, 0.6) is 0 Å². The highest BCUT2D eigenvalue weighted by Crippen LogP contribution is 2.21. The summed E-state index contributed by atoms with van der Waals surface area (Å²) >= 11 is 0. The first-order valence-electron chi connectivity index (χ1n) is 11.4. The maximum absolute atomic E-state index is 13.2. The summed E-state index contributed by atoms with van der Waals surface area (Å²) in [5, 5.41) is 3.07. The summed E-state index contributed by atoms with van der Waals surface area (Å²) in [7, 11) is 1.37. The van der Waals surface area contributed by atoms with Gasteiger partial charge in [-0.25, -0.2) is 0 Å². The molecule has 34 heavy (non-hydrogen) atoms. The fourth-order valence-corrected chi connectivity index (χ4v) is 3.88. The molecule has 0 heterocycles. The summed E-state index contributed by atoms with van der Waals surface area (Å²) in [4.78, 5) is 26.1. The van der Waals surface area contributed by atoms with Crippen molar-refractivity contribution in [3.05, 3.63) is 113 Å². The SMILES string of the molecule is COC(=O)C(Cc1cccc(C(C)N)c1)C(/C=C/c1ccccc1)NC(=O)c1ccccc1C. The Bertz CT molecular complexity index is 1140.